The third-order valence-corrected chi connectivity index (χ3v) is 4.25. The Labute approximate surface area is 134 Å². The topological polar surface area (TPSA) is 92.7 Å². The Bertz CT molecular complexity index is 797. The number of benzene rings is 2. The summed E-state index contributed by atoms with van der Waals surface area (Å²) in [5.74, 6) is -0.548. The van der Waals surface area contributed by atoms with Crippen LogP contribution < -0.4 is 9.46 Å². The zero-order chi connectivity index (χ0) is 17.0. The van der Waals surface area contributed by atoms with Gasteiger partial charge in [0.25, 0.3) is 10.0 Å². The fourth-order valence-corrected chi connectivity index (χ4v) is 2.99. The largest absolute Gasteiger partial charge is 0.491 e. The number of hydrogen-bond acceptors (Lipinski definition) is 4. The van der Waals surface area contributed by atoms with Gasteiger partial charge in [0, 0.05) is 5.69 Å². The van der Waals surface area contributed by atoms with Gasteiger partial charge in [-0.15, -0.1) is 0 Å². The minimum Gasteiger partial charge on any atom is -0.491 e. The summed E-state index contributed by atoms with van der Waals surface area (Å²) < 4.78 is 32.5. The molecule has 0 unspecified atom stereocenters. The van der Waals surface area contributed by atoms with Crippen LogP contribution in [-0.4, -0.2) is 25.6 Å². The van der Waals surface area contributed by atoms with E-state index in [2.05, 4.69) is 4.72 Å². The van der Waals surface area contributed by atoms with Crippen LogP contribution >= 0.6 is 0 Å². The first-order valence-electron chi connectivity index (χ1n) is 6.91. The molecule has 0 bridgehead atoms. The van der Waals surface area contributed by atoms with Crippen LogP contribution in [0, 0.1) is 0 Å². The van der Waals surface area contributed by atoms with Crippen LogP contribution in [0.3, 0.4) is 0 Å². The van der Waals surface area contributed by atoms with Crippen molar-refractivity contribution in [3.05, 3.63) is 54.1 Å². The fraction of sp³-hybridized carbons (Fsp3) is 0.188. The Morgan fingerprint density at radius 3 is 2.35 bits per heavy atom. The van der Waals surface area contributed by atoms with Crippen molar-refractivity contribution >= 4 is 21.7 Å². The number of carbonyl (C=O) groups is 1. The highest BCUT2D eigenvalue weighted by molar-refractivity contribution is 7.92. The molecule has 0 radical (unpaired) electrons. The van der Waals surface area contributed by atoms with Gasteiger partial charge in [0.15, 0.2) is 0 Å². The lowest BCUT2D eigenvalue weighted by Crippen LogP contribution is -2.13. The molecule has 2 rings (SSSR count). The molecular weight excluding hydrogens is 318 g/mol. The second kappa shape index (κ2) is 6.70. The molecule has 0 aliphatic rings. The number of sulfonamides is 1. The third-order valence-electron chi connectivity index (χ3n) is 2.87. The molecular formula is C16H17NO5S. The SMILES string of the molecule is CC(C)Oc1ccc(NS(=O)(=O)c2cccc(C(=O)O)c2)cc1. The van der Waals surface area contributed by atoms with E-state index in [9.17, 15) is 13.2 Å². The molecule has 0 spiro atoms. The van der Waals surface area contributed by atoms with Gasteiger partial charge in [-0.3, -0.25) is 4.72 Å². The molecule has 0 aromatic heterocycles. The number of aromatic carboxylic acids is 1. The average Bonchev–Trinajstić information content (AvgIpc) is 2.48. The van der Waals surface area contributed by atoms with Gasteiger partial charge in [0.2, 0.25) is 0 Å². The average molecular weight is 335 g/mol. The van der Waals surface area contributed by atoms with Gasteiger partial charge in [-0.1, -0.05) is 6.07 Å². The van der Waals surface area contributed by atoms with Crippen LogP contribution in [0.25, 0.3) is 0 Å². The molecule has 23 heavy (non-hydrogen) atoms. The molecule has 2 aromatic carbocycles. The molecule has 2 aromatic rings. The second-order valence-electron chi connectivity index (χ2n) is 5.13. The van der Waals surface area contributed by atoms with Crippen LogP contribution in [0.1, 0.15) is 24.2 Å². The summed E-state index contributed by atoms with van der Waals surface area (Å²) in [5.41, 5.74) is 0.274. The van der Waals surface area contributed by atoms with E-state index in [0.717, 1.165) is 6.07 Å². The quantitative estimate of drug-likeness (QED) is 0.846. The minimum absolute atomic E-state index is 0.0244. The number of rotatable bonds is 6. The highest BCUT2D eigenvalue weighted by Gasteiger charge is 2.16. The van der Waals surface area contributed by atoms with Crippen molar-refractivity contribution in [3.8, 4) is 5.75 Å². The highest BCUT2D eigenvalue weighted by atomic mass is 32.2. The first kappa shape index (κ1) is 16.8. The number of carboxylic acids is 1. The van der Waals surface area contributed by atoms with E-state index in [4.69, 9.17) is 9.84 Å². The molecule has 0 saturated carbocycles. The standard InChI is InChI=1S/C16H17NO5S/c1-11(2)22-14-8-6-13(7-9-14)17-23(20,21)15-5-3-4-12(10-15)16(18)19/h3-11,17H,1-2H3,(H,18,19). The highest BCUT2D eigenvalue weighted by Crippen LogP contribution is 2.20. The van der Waals surface area contributed by atoms with Crippen LogP contribution in [0.15, 0.2) is 53.4 Å². The molecule has 0 atom stereocenters. The predicted molar refractivity (Wildman–Crippen MR) is 86.4 cm³/mol. The summed E-state index contributed by atoms with van der Waals surface area (Å²) in [7, 11) is -3.86. The molecule has 0 aliphatic heterocycles. The first-order chi connectivity index (χ1) is 10.8. The van der Waals surface area contributed by atoms with E-state index in [1.165, 1.54) is 18.2 Å². The third kappa shape index (κ3) is 4.46. The summed E-state index contributed by atoms with van der Waals surface area (Å²) in [6.45, 7) is 3.79. The van der Waals surface area contributed by atoms with Crippen LogP contribution in [0.5, 0.6) is 5.75 Å². The first-order valence-corrected chi connectivity index (χ1v) is 8.39. The van der Waals surface area contributed by atoms with Gasteiger partial charge in [-0.05, 0) is 56.3 Å². The maximum absolute atomic E-state index is 12.3. The van der Waals surface area contributed by atoms with Crippen LogP contribution in [-0.2, 0) is 10.0 Å². The predicted octanol–water partition coefficient (Wildman–Crippen LogP) is 2.97. The van der Waals surface area contributed by atoms with Crippen molar-refractivity contribution in [2.45, 2.75) is 24.8 Å². The van der Waals surface area contributed by atoms with E-state index in [0.29, 0.717) is 11.4 Å². The number of hydrogen-bond donors (Lipinski definition) is 2. The normalized spacial score (nSPS) is 11.3. The Balaban J connectivity index is 2.21. The smallest absolute Gasteiger partial charge is 0.335 e. The van der Waals surface area contributed by atoms with Gasteiger partial charge < -0.3 is 9.84 Å². The molecule has 0 saturated heterocycles. The van der Waals surface area contributed by atoms with Crippen molar-refractivity contribution in [1.29, 1.82) is 0 Å². The second-order valence-corrected chi connectivity index (χ2v) is 6.81. The summed E-state index contributed by atoms with van der Waals surface area (Å²) in [6.07, 6.45) is 0.0244. The number of ether oxygens (including phenoxy) is 1. The maximum atomic E-state index is 12.3. The van der Waals surface area contributed by atoms with Gasteiger partial charge in [-0.25, -0.2) is 13.2 Å². The molecule has 0 amide bonds. The van der Waals surface area contributed by atoms with Crippen molar-refractivity contribution in [1.82, 2.24) is 0 Å². The Hall–Kier alpha value is -2.54. The number of carboxylic acid groups (broad SMARTS) is 1. The Kier molecular flexibility index (Phi) is 4.90. The van der Waals surface area contributed by atoms with Crippen molar-refractivity contribution in [3.63, 3.8) is 0 Å². The van der Waals surface area contributed by atoms with E-state index < -0.39 is 16.0 Å². The summed E-state index contributed by atoms with van der Waals surface area (Å²) in [4.78, 5) is 10.8. The summed E-state index contributed by atoms with van der Waals surface area (Å²) in [6, 6.07) is 11.6. The lowest BCUT2D eigenvalue weighted by molar-refractivity contribution is 0.0696. The van der Waals surface area contributed by atoms with Gasteiger partial charge in [-0.2, -0.15) is 0 Å². The van der Waals surface area contributed by atoms with Crippen LogP contribution in [0.2, 0.25) is 0 Å². The van der Waals surface area contributed by atoms with E-state index in [-0.39, 0.29) is 16.6 Å². The lowest BCUT2D eigenvalue weighted by atomic mass is 10.2. The van der Waals surface area contributed by atoms with Gasteiger partial charge in [0.1, 0.15) is 5.75 Å². The number of anilines is 1. The van der Waals surface area contributed by atoms with Gasteiger partial charge in [0.05, 0.1) is 16.6 Å². The monoisotopic (exact) mass is 335 g/mol. The molecule has 0 fully saturated rings. The van der Waals surface area contributed by atoms with Crippen molar-refractivity contribution in [2.24, 2.45) is 0 Å². The molecule has 0 aliphatic carbocycles. The maximum Gasteiger partial charge on any atom is 0.335 e. The molecule has 7 heteroatoms. The summed E-state index contributed by atoms with van der Waals surface area (Å²) >= 11 is 0. The molecule has 6 nitrogen and oxygen atoms in total. The zero-order valence-electron chi connectivity index (χ0n) is 12.7. The van der Waals surface area contributed by atoms with E-state index in [1.807, 2.05) is 13.8 Å². The molecule has 122 valence electrons. The zero-order valence-corrected chi connectivity index (χ0v) is 13.5. The van der Waals surface area contributed by atoms with Gasteiger partial charge >= 0.3 is 5.97 Å². The van der Waals surface area contributed by atoms with Crippen LogP contribution in [0.4, 0.5) is 5.69 Å². The van der Waals surface area contributed by atoms with Crippen molar-refractivity contribution in [2.75, 3.05) is 4.72 Å². The van der Waals surface area contributed by atoms with E-state index >= 15 is 0 Å². The minimum atomic E-state index is -3.86. The number of nitrogens with one attached hydrogen (secondary N) is 1. The summed E-state index contributed by atoms with van der Waals surface area (Å²) in [5, 5.41) is 8.94. The Morgan fingerprint density at radius 1 is 1.13 bits per heavy atom. The lowest BCUT2D eigenvalue weighted by Gasteiger charge is -2.11. The van der Waals surface area contributed by atoms with E-state index in [1.54, 1.807) is 24.3 Å². The molecule has 0 heterocycles. The Morgan fingerprint density at radius 2 is 1.78 bits per heavy atom. The fourth-order valence-electron chi connectivity index (χ4n) is 1.88. The molecule has 2 N–H and O–H groups in total. The van der Waals surface area contributed by atoms with Crippen molar-refractivity contribution < 1.29 is 23.1 Å².